The number of pyridine rings is 1. The normalized spacial score (nSPS) is 11.6. The van der Waals surface area contributed by atoms with Crippen molar-refractivity contribution in [3.8, 4) is 11.4 Å². The third kappa shape index (κ3) is 2.22. The van der Waals surface area contributed by atoms with Gasteiger partial charge in [-0.05, 0) is 48.3 Å². The van der Waals surface area contributed by atoms with E-state index >= 15 is 0 Å². The summed E-state index contributed by atoms with van der Waals surface area (Å²) in [7, 11) is 0. The summed E-state index contributed by atoms with van der Waals surface area (Å²) < 4.78 is 2.48. The number of rotatable bonds is 3. The molecule has 18 heavy (non-hydrogen) atoms. The molecule has 0 saturated heterocycles. The Morgan fingerprint density at radius 2 is 2.11 bits per heavy atom. The molecular formula is C13H14BrN3O. The van der Waals surface area contributed by atoms with E-state index < -0.39 is 5.54 Å². The van der Waals surface area contributed by atoms with E-state index in [1.165, 1.54) is 0 Å². The first-order valence-electron chi connectivity index (χ1n) is 5.59. The van der Waals surface area contributed by atoms with Gasteiger partial charge in [-0.3, -0.25) is 9.67 Å². The number of hydrogen-bond donors (Lipinski definition) is 0. The van der Waals surface area contributed by atoms with Crippen LogP contribution >= 0.6 is 15.9 Å². The monoisotopic (exact) mass is 307 g/mol. The maximum absolute atomic E-state index is 11.1. The zero-order valence-electron chi connectivity index (χ0n) is 10.5. The number of hydrogen-bond acceptors (Lipinski definition) is 3. The highest BCUT2D eigenvalue weighted by Gasteiger charge is 2.23. The molecule has 0 fully saturated rings. The highest BCUT2D eigenvalue weighted by Crippen LogP contribution is 2.29. The number of aromatic nitrogens is 3. The van der Waals surface area contributed by atoms with Crippen molar-refractivity contribution in [2.45, 2.75) is 26.3 Å². The number of nitrogens with zero attached hydrogens (tertiary/aromatic N) is 3. The fourth-order valence-electron chi connectivity index (χ4n) is 1.60. The summed E-state index contributed by atoms with van der Waals surface area (Å²) >= 11 is 3.47. The number of carbonyl (C=O) groups is 1. The molecule has 4 nitrogen and oxygen atoms in total. The molecule has 0 amide bonds. The molecule has 0 saturated carbocycles. The third-order valence-electron chi connectivity index (χ3n) is 2.78. The Balaban J connectivity index is 2.55. The number of aryl methyl sites for hydroxylation is 1. The first-order valence-corrected chi connectivity index (χ1v) is 6.39. The van der Waals surface area contributed by atoms with Crippen molar-refractivity contribution in [3.05, 3.63) is 34.6 Å². The maximum atomic E-state index is 11.1. The van der Waals surface area contributed by atoms with Crippen molar-refractivity contribution in [3.63, 3.8) is 0 Å². The molecule has 5 heteroatoms. The minimum atomic E-state index is -0.663. The van der Waals surface area contributed by atoms with E-state index in [0.29, 0.717) is 0 Å². The molecule has 0 aliphatic rings. The Kier molecular flexibility index (Phi) is 3.34. The molecule has 2 aromatic rings. The molecule has 0 aliphatic heterocycles. The van der Waals surface area contributed by atoms with Crippen LogP contribution in [0.15, 0.2) is 29.0 Å². The second-order valence-corrected chi connectivity index (χ2v) is 5.56. The Labute approximate surface area is 114 Å². The molecule has 0 aromatic carbocycles. The molecule has 0 N–H and O–H groups in total. The average Bonchev–Trinajstić information content (AvgIpc) is 2.73. The molecule has 0 bridgehead atoms. The van der Waals surface area contributed by atoms with Crippen LogP contribution in [0.1, 0.15) is 19.4 Å². The van der Waals surface area contributed by atoms with Crippen LogP contribution < -0.4 is 0 Å². The summed E-state index contributed by atoms with van der Waals surface area (Å²) in [5.41, 5.74) is 1.96. The summed E-state index contributed by atoms with van der Waals surface area (Å²) in [6.45, 7) is 5.61. The van der Waals surface area contributed by atoms with Gasteiger partial charge in [-0.25, -0.2) is 0 Å². The highest BCUT2D eigenvalue weighted by atomic mass is 79.9. The lowest BCUT2D eigenvalue weighted by Crippen LogP contribution is -2.28. The Bertz CT molecular complexity index is 590. The van der Waals surface area contributed by atoms with Gasteiger partial charge < -0.3 is 4.79 Å². The van der Waals surface area contributed by atoms with Crippen LogP contribution in [0.25, 0.3) is 11.4 Å². The van der Waals surface area contributed by atoms with E-state index in [1.54, 1.807) is 17.1 Å². The standard InChI is InChI=1S/C13H14BrN3O/c1-9-5-4-6-15-11(9)12-10(14)7-17(16-12)13(2,3)8-18/h4-8H,1-3H3. The number of aldehydes is 1. The topological polar surface area (TPSA) is 47.8 Å². The fraction of sp³-hybridized carbons (Fsp3) is 0.308. The maximum Gasteiger partial charge on any atom is 0.147 e. The van der Waals surface area contributed by atoms with Crippen LogP contribution in [-0.2, 0) is 10.3 Å². The van der Waals surface area contributed by atoms with Gasteiger partial charge in [0.2, 0.25) is 0 Å². The van der Waals surface area contributed by atoms with Gasteiger partial charge in [0.05, 0.1) is 10.2 Å². The molecule has 2 rings (SSSR count). The van der Waals surface area contributed by atoms with Crippen LogP contribution in [0.5, 0.6) is 0 Å². The first-order chi connectivity index (χ1) is 8.45. The second-order valence-electron chi connectivity index (χ2n) is 4.71. The lowest BCUT2D eigenvalue weighted by Gasteiger charge is -2.17. The van der Waals surface area contributed by atoms with Crippen molar-refractivity contribution < 1.29 is 4.79 Å². The zero-order chi connectivity index (χ0) is 13.3. The molecule has 0 unspecified atom stereocenters. The zero-order valence-corrected chi connectivity index (χ0v) is 12.1. The predicted octanol–water partition coefficient (Wildman–Crippen LogP) is 2.95. The number of carbonyl (C=O) groups excluding carboxylic acids is 1. The van der Waals surface area contributed by atoms with Crippen molar-refractivity contribution in [1.82, 2.24) is 14.8 Å². The Hall–Kier alpha value is -1.49. The fourth-order valence-corrected chi connectivity index (χ4v) is 2.06. The van der Waals surface area contributed by atoms with Crippen molar-refractivity contribution in [1.29, 1.82) is 0 Å². The summed E-state index contributed by atoms with van der Waals surface area (Å²) in [6, 6.07) is 3.87. The SMILES string of the molecule is Cc1cccnc1-c1nn(C(C)(C)C=O)cc1Br. The summed E-state index contributed by atoms with van der Waals surface area (Å²) in [4.78, 5) is 15.4. The van der Waals surface area contributed by atoms with Gasteiger partial charge in [0.25, 0.3) is 0 Å². The minimum Gasteiger partial charge on any atom is -0.301 e. The van der Waals surface area contributed by atoms with Gasteiger partial charge >= 0.3 is 0 Å². The van der Waals surface area contributed by atoms with Crippen LogP contribution in [-0.4, -0.2) is 21.1 Å². The van der Waals surface area contributed by atoms with Gasteiger partial charge in [-0.1, -0.05) is 6.07 Å². The average molecular weight is 308 g/mol. The van der Waals surface area contributed by atoms with Gasteiger partial charge in [-0.2, -0.15) is 5.10 Å². The Morgan fingerprint density at radius 3 is 2.72 bits per heavy atom. The Morgan fingerprint density at radius 1 is 1.39 bits per heavy atom. The largest absolute Gasteiger partial charge is 0.301 e. The lowest BCUT2D eigenvalue weighted by atomic mass is 10.1. The van der Waals surface area contributed by atoms with Gasteiger partial charge in [0.15, 0.2) is 0 Å². The molecule has 0 radical (unpaired) electrons. The summed E-state index contributed by atoms with van der Waals surface area (Å²) in [5, 5.41) is 4.46. The first kappa shape index (κ1) is 13.0. The summed E-state index contributed by atoms with van der Waals surface area (Å²) in [6.07, 6.45) is 4.41. The molecule has 2 aromatic heterocycles. The summed E-state index contributed by atoms with van der Waals surface area (Å²) in [5.74, 6) is 0. The van der Waals surface area contributed by atoms with Crippen molar-refractivity contribution >= 4 is 22.2 Å². The molecule has 0 atom stereocenters. The van der Waals surface area contributed by atoms with Crippen LogP contribution in [0.2, 0.25) is 0 Å². The highest BCUT2D eigenvalue weighted by molar-refractivity contribution is 9.10. The van der Waals surface area contributed by atoms with Crippen LogP contribution in [0.4, 0.5) is 0 Å². The lowest BCUT2D eigenvalue weighted by molar-refractivity contribution is -0.114. The van der Waals surface area contributed by atoms with E-state index in [1.807, 2.05) is 32.9 Å². The van der Waals surface area contributed by atoms with Gasteiger partial charge in [0, 0.05) is 12.4 Å². The molecule has 94 valence electrons. The smallest absolute Gasteiger partial charge is 0.147 e. The molecule has 0 aliphatic carbocycles. The van der Waals surface area contributed by atoms with Gasteiger partial charge in [0.1, 0.15) is 17.5 Å². The van der Waals surface area contributed by atoms with Crippen LogP contribution in [0.3, 0.4) is 0 Å². The van der Waals surface area contributed by atoms with E-state index in [2.05, 4.69) is 26.0 Å². The molecular weight excluding hydrogens is 294 g/mol. The quantitative estimate of drug-likeness (QED) is 0.819. The van der Waals surface area contributed by atoms with E-state index in [-0.39, 0.29) is 0 Å². The third-order valence-corrected chi connectivity index (χ3v) is 3.36. The second kappa shape index (κ2) is 4.65. The van der Waals surface area contributed by atoms with Crippen LogP contribution in [0, 0.1) is 6.92 Å². The van der Waals surface area contributed by atoms with Gasteiger partial charge in [-0.15, -0.1) is 0 Å². The van der Waals surface area contributed by atoms with E-state index in [4.69, 9.17) is 0 Å². The van der Waals surface area contributed by atoms with E-state index in [9.17, 15) is 4.79 Å². The minimum absolute atomic E-state index is 0.663. The molecule has 2 heterocycles. The predicted molar refractivity (Wildman–Crippen MR) is 73.3 cm³/mol. The van der Waals surface area contributed by atoms with Crippen molar-refractivity contribution in [2.75, 3.05) is 0 Å². The number of halogens is 1. The molecule has 0 spiro atoms. The van der Waals surface area contributed by atoms with Crippen molar-refractivity contribution in [2.24, 2.45) is 0 Å². The van der Waals surface area contributed by atoms with E-state index in [0.717, 1.165) is 27.7 Å².